The van der Waals surface area contributed by atoms with Gasteiger partial charge in [-0.25, -0.2) is 0 Å². The van der Waals surface area contributed by atoms with Gasteiger partial charge in [-0.1, -0.05) is 0 Å². The summed E-state index contributed by atoms with van der Waals surface area (Å²) in [6.45, 7) is 4.97. The van der Waals surface area contributed by atoms with Gasteiger partial charge < -0.3 is 10.5 Å². The van der Waals surface area contributed by atoms with Crippen molar-refractivity contribution in [3.63, 3.8) is 0 Å². The van der Waals surface area contributed by atoms with Crippen LogP contribution >= 0.6 is 0 Å². The molecule has 5 nitrogen and oxygen atoms in total. The van der Waals surface area contributed by atoms with Crippen molar-refractivity contribution in [2.24, 2.45) is 5.73 Å². The fourth-order valence-corrected chi connectivity index (χ4v) is 1.82. The van der Waals surface area contributed by atoms with E-state index in [2.05, 4.69) is 5.10 Å². The normalized spacial score (nSPS) is 16.6. The van der Waals surface area contributed by atoms with E-state index < -0.39 is 29.4 Å². The fraction of sp³-hybridized carbons (Fsp3) is 0.667. The Morgan fingerprint density at radius 1 is 1.55 bits per heavy atom. The molecular weight excluding hydrogens is 275 g/mol. The van der Waals surface area contributed by atoms with E-state index in [1.807, 2.05) is 0 Å². The van der Waals surface area contributed by atoms with Gasteiger partial charge in [-0.15, -0.1) is 0 Å². The summed E-state index contributed by atoms with van der Waals surface area (Å²) in [6, 6.07) is 0.417. The van der Waals surface area contributed by atoms with Gasteiger partial charge in [0.05, 0.1) is 12.6 Å². The molecule has 0 saturated heterocycles. The molecule has 1 rings (SSSR count). The minimum Gasteiger partial charge on any atom is -0.465 e. The van der Waals surface area contributed by atoms with E-state index in [0.717, 1.165) is 10.7 Å². The third-order valence-electron chi connectivity index (χ3n) is 2.81. The molecule has 0 bridgehead atoms. The monoisotopic (exact) mass is 293 g/mol. The van der Waals surface area contributed by atoms with Gasteiger partial charge in [0.1, 0.15) is 5.54 Å². The van der Waals surface area contributed by atoms with Gasteiger partial charge in [-0.3, -0.25) is 9.48 Å². The highest BCUT2D eigenvalue weighted by molar-refractivity contribution is 5.80. The molecule has 2 N–H and O–H groups in total. The Bertz CT molecular complexity index is 469. The molecule has 114 valence electrons. The molecule has 0 aliphatic carbocycles. The molecule has 0 fully saturated rings. The molecule has 2 unspecified atom stereocenters. The van der Waals surface area contributed by atoms with Crippen LogP contribution in [0.2, 0.25) is 0 Å². The Labute approximate surface area is 114 Å². The Kier molecular flexibility index (Phi) is 4.80. The van der Waals surface area contributed by atoms with Crippen LogP contribution in [0.4, 0.5) is 13.2 Å². The molecular formula is C12H18F3N3O2. The Morgan fingerprint density at radius 3 is 2.60 bits per heavy atom. The summed E-state index contributed by atoms with van der Waals surface area (Å²) in [7, 11) is 0. The number of rotatable bonds is 5. The van der Waals surface area contributed by atoms with E-state index in [1.165, 1.54) is 13.1 Å². The molecule has 0 amide bonds. The van der Waals surface area contributed by atoms with Crippen molar-refractivity contribution in [2.45, 2.75) is 44.9 Å². The van der Waals surface area contributed by atoms with Crippen LogP contribution in [-0.2, 0) is 15.7 Å². The number of carbonyl (C=O) groups excluding carboxylic acids is 1. The van der Waals surface area contributed by atoms with E-state index >= 15 is 0 Å². The highest BCUT2D eigenvalue weighted by Gasteiger charge is 2.35. The lowest BCUT2D eigenvalue weighted by atomic mass is 9.95. The minimum absolute atomic E-state index is 0.116. The van der Waals surface area contributed by atoms with Crippen LogP contribution in [0.1, 0.15) is 38.9 Å². The first kappa shape index (κ1) is 16.5. The lowest BCUT2D eigenvalue weighted by Crippen LogP contribution is -2.47. The molecule has 2 atom stereocenters. The van der Waals surface area contributed by atoms with Crippen molar-refractivity contribution in [3.05, 3.63) is 18.0 Å². The molecule has 0 spiro atoms. The van der Waals surface area contributed by atoms with Crippen LogP contribution in [0.15, 0.2) is 12.3 Å². The van der Waals surface area contributed by atoms with Crippen molar-refractivity contribution in [3.8, 4) is 0 Å². The summed E-state index contributed by atoms with van der Waals surface area (Å²) in [5, 5.41) is 3.45. The molecule has 0 aliphatic heterocycles. The average Bonchev–Trinajstić information content (AvgIpc) is 2.77. The molecule has 1 heterocycles. The Balaban J connectivity index is 2.78. The molecule has 1 aromatic heterocycles. The van der Waals surface area contributed by atoms with Gasteiger partial charge >= 0.3 is 12.1 Å². The van der Waals surface area contributed by atoms with Crippen molar-refractivity contribution in [1.29, 1.82) is 0 Å². The highest BCUT2D eigenvalue weighted by Crippen LogP contribution is 2.28. The van der Waals surface area contributed by atoms with Crippen molar-refractivity contribution < 1.29 is 22.7 Å². The maximum absolute atomic E-state index is 12.5. The summed E-state index contributed by atoms with van der Waals surface area (Å²) in [5.74, 6) is -0.588. The summed E-state index contributed by atoms with van der Waals surface area (Å²) in [5.41, 5.74) is 3.59. The number of ether oxygens (including phenoxy) is 1. The fourth-order valence-electron chi connectivity index (χ4n) is 1.82. The number of nitrogens with zero attached hydrogens (tertiary/aromatic N) is 2. The second-order valence-electron chi connectivity index (χ2n) is 4.87. The van der Waals surface area contributed by atoms with Crippen LogP contribution < -0.4 is 5.73 Å². The summed E-state index contributed by atoms with van der Waals surface area (Å²) in [4.78, 5) is 11.6. The number of halogens is 3. The van der Waals surface area contributed by atoms with E-state index in [-0.39, 0.29) is 13.0 Å². The number of aromatic nitrogens is 2. The molecule has 1 aromatic rings. The number of esters is 1. The maximum Gasteiger partial charge on any atom is 0.435 e. The molecule has 20 heavy (non-hydrogen) atoms. The number of carbonyl (C=O) groups is 1. The van der Waals surface area contributed by atoms with E-state index in [0.29, 0.717) is 0 Å². The minimum atomic E-state index is -4.49. The van der Waals surface area contributed by atoms with Crippen molar-refractivity contribution >= 4 is 5.97 Å². The van der Waals surface area contributed by atoms with Crippen LogP contribution in [0, 0.1) is 0 Å². The lowest BCUT2D eigenvalue weighted by molar-refractivity contribution is -0.149. The molecule has 8 heteroatoms. The third kappa shape index (κ3) is 3.96. The quantitative estimate of drug-likeness (QED) is 0.844. The molecule has 0 saturated carbocycles. The number of nitrogens with two attached hydrogens (primary N) is 1. The number of hydrogen-bond donors (Lipinski definition) is 1. The van der Waals surface area contributed by atoms with Crippen LogP contribution in [0.5, 0.6) is 0 Å². The Hall–Kier alpha value is -1.57. The molecule has 0 radical (unpaired) electrons. The zero-order valence-corrected chi connectivity index (χ0v) is 11.6. The first-order valence-electron chi connectivity index (χ1n) is 6.16. The standard InChI is InChI=1S/C12H18F3N3O2/c1-4-20-10(19)11(3,16)7-8(2)18-6-5-9(17-18)12(13,14)15/h5-6,8H,4,7,16H2,1-3H3. The van der Waals surface area contributed by atoms with E-state index in [1.54, 1.807) is 13.8 Å². The second-order valence-corrected chi connectivity index (χ2v) is 4.87. The van der Waals surface area contributed by atoms with Gasteiger partial charge in [-0.05, 0) is 33.3 Å². The van der Waals surface area contributed by atoms with E-state index in [9.17, 15) is 18.0 Å². The maximum atomic E-state index is 12.5. The van der Waals surface area contributed by atoms with E-state index in [4.69, 9.17) is 10.5 Å². The van der Waals surface area contributed by atoms with Gasteiger partial charge in [0.25, 0.3) is 0 Å². The first-order chi connectivity index (χ1) is 9.08. The topological polar surface area (TPSA) is 70.1 Å². The second kappa shape index (κ2) is 5.82. The lowest BCUT2D eigenvalue weighted by Gasteiger charge is -2.25. The van der Waals surface area contributed by atoms with Gasteiger partial charge in [0.15, 0.2) is 5.69 Å². The summed E-state index contributed by atoms with van der Waals surface area (Å²) < 4.78 is 43.3. The zero-order valence-electron chi connectivity index (χ0n) is 11.6. The van der Waals surface area contributed by atoms with Crippen LogP contribution in [0.25, 0.3) is 0 Å². The predicted molar refractivity (Wildman–Crippen MR) is 65.8 cm³/mol. The molecule has 0 aromatic carbocycles. The van der Waals surface area contributed by atoms with Crippen molar-refractivity contribution in [1.82, 2.24) is 9.78 Å². The van der Waals surface area contributed by atoms with Crippen molar-refractivity contribution in [2.75, 3.05) is 6.61 Å². The number of hydrogen-bond acceptors (Lipinski definition) is 4. The smallest absolute Gasteiger partial charge is 0.435 e. The van der Waals surface area contributed by atoms with Gasteiger partial charge in [0, 0.05) is 6.20 Å². The van der Waals surface area contributed by atoms with Gasteiger partial charge in [0.2, 0.25) is 0 Å². The SMILES string of the molecule is CCOC(=O)C(C)(N)CC(C)n1ccc(C(F)(F)F)n1. The summed E-state index contributed by atoms with van der Waals surface area (Å²) in [6.07, 6.45) is -3.16. The number of alkyl halides is 3. The zero-order chi connectivity index (χ0) is 15.6. The third-order valence-corrected chi connectivity index (χ3v) is 2.81. The first-order valence-corrected chi connectivity index (χ1v) is 6.16. The Morgan fingerprint density at radius 2 is 2.15 bits per heavy atom. The molecule has 0 aliphatic rings. The average molecular weight is 293 g/mol. The predicted octanol–water partition coefficient (Wildman–Crippen LogP) is 2.13. The summed E-state index contributed by atoms with van der Waals surface area (Å²) >= 11 is 0. The largest absolute Gasteiger partial charge is 0.465 e. The highest BCUT2D eigenvalue weighted by atomic mass is 19.4. The van der Waals surface area contributed by atoms with Gasteiger partial charge in [-0.2, -0.15) is 18.3 Å². The van der Waals surface area contributed by atoms with Crippen LogP contribution in [0.3, 0.4) is 0 Å². The van der Waals surface area contributed by atoms with Crippen LogP contribution in [-0.4, -0.2) is 27.9 Å².